The Hall–Kier alpha value is -1.34. The number of hydrogen-bond acceptors (Lipinski definition) is 6. The van der Waals surface area contributed by atoms with E-state index in [0.29, 0.717) is 45.4 Å². The number of carbonyl (C=O) groups excluding carboxylic acids is 2. The molecule has 7 heteroatoms. The lowest BCUT2D eigenvalue weighted by molar-refractivity contribution is -0.220. The summed E-state index contributed by atoms with van der Waals surface area (Å²) < 4.78 is 22.3. The fraction of sp³-hybridized carbons (Fsp3) is 0.889. The van der Waals surface area contributed by atoms with Crippen molar-refractivity contribution >= 4 is 12.1 Å². The molecule has 0 aromatic heterocycles. The smallest absolute Gasteiger partial charge is 0.412 e. The molecule has 25 heavy (non-hydrogen) atoms. The summed E-state index contributed by atoms with van der Waals surface area (Å²) in [4.78, 5) is 26.8. The highest BCUT2D eigenvalue weighted by Crippen LogP contribution is 2.32. The second-order valence-corrected chi connectivity index (χ2v) is 7.02. The Kier molecular flexibility index (Phi) is 6.17. The first-order valence-corrected chi connectivity index (χ1v) is 9.59. The lowest BCUT2D eigenvalue weighted by Crippen LogP contribution is -2.51. The van der Waals surface area contributed by atoms with Gasteiger partial charge in [-0.2, -0.15) is 0 Å². The van der Waals surface area contributed by atoms with Crippen LogP contribution in [0.2, 0.25) is 0 Å². The van der Waals surface area contributed by atoms with Crippen molar-refractivity contribution in [1.29, 1.82) is 0 Å². The van der Waals surface area contributed by atoms with Crippen molar-refractivity contribution in [2.75, 3.05) is 19.8 Å². The number of ether oxygens (including phenoxy) is 4. The highest BCUT2D eigenvalue weighted by molar-refractivity contribution is 5.82. The second-order valence-electron chi connectivity index (χ2n) is 7.02. The van der Waals surface area contributed by atoms with E-state index in [0.717, 1.165) is 32.1 Å². The molecule has 1 amide bonds. The van der Waals surface area contributed by atoms with Gasteiger partial charge in [0.2, 0.25) is 12.1 Å². The van der Waals surface area contributed by atoms with E-state index in [2.05, 4.69) is 0 Å². The van der Waals surface area contributed by atoms with Crippen LogP contribution in [0.3, 0.4) is 0 Å². The average Bonchev–Trinajstić information content (AvgIpc) is 3.11. The van der Waals surface area contributed by atoms with Crippen molar-refractivity contribution in [2.45, 2.75) is 82.8 Å². The lowest BCUT2D eigenvalue weighted by Gasteiger charge is -2.37. The molecule has 3 fully saturated rings. The van der Waals surface area contributed by atoms with E-state index in [4.69, 9.17) is 18.9 Å². The van der Waals surface area contributed by atoms with E-state index >= 15 is 0 Å². The second kappa shape index (κ2) is 8.36. The van der Waals surface area contributed by atoms with E-state index in [-0.39, 0.29) is 5.97 Å². The molecule has 0 aromatic carbocycles. The zero-order valence-corrected chi connectivity index (χ0v) is 15.0. The minimum Gasteiger partial charge on any atom is -0.432 e. The zero-order chi connectivity index (χ0) is 17.7. The van der Waals surface area contributed by atoms with Crippen LogP contribution in [-0.4, -0.2) is 54.8 Å². The monoisotopic (exact) mass is 355 g/mol. The molecule has 0 aromatic rings. The predicted octanol–water partition coefficient (Wildman–Crippen LogP) is 2.96. The minimum absolute atomic E-state index is 0.384. The summed E-state index contributed by atoms with van der Waals surface area (Å²) in [6.45, 7) is 3.67. The molecule has 3 saturated heterocycles. The van der Waals surface area contributed by atoms with Crippen molar-refractivity contribution < 1.29 is 28.5 Å². The number of nitrogens with zero attached hydrogens (tertiary/aromatic N) is 1. The maximum Gasteiger partial charge on any atom is 0.412 e. The van der Waals surface area contributed by atoms with E-state index in [1.807, 2.05) is 6.92 Å². The van der Waals surface area contributed by atoms with Gasteiger partial charge in [0.1, 0.15) is 6.04 Å². The largest absolute Gasteiger partial charge is 0.432 e. The van der Waals surface area contributed by atoms with Crippen molar-refractivity contribution in [1.82, 2.24) is 4.90 Å². The number of rotatable bonds is 4. The minimum atomic E-state index is -0.823. The van der Waals surface area contributed by atoms with E-state index in [9.17, 15) is 9.59 Å². The van der Waals surface area contributed by atoms with Crippen LogP contribution in [-0.2, 0) is 23.7 Å². The van der Waals surface area contributed by atoms with Gasteiger partial charge in [-0.05, 0) is 38.5 Å². The summed E-state index contributed by atoms with van der Waals surface area (Å²) in [7, 11) is 0. The van der Waals surface area contributed by atoms with Gasteiger partial charge in [0, 0.05) is 25.8 Å². The quantitative estimate of drug-likeness (QED) is 0.722. The summed E-state index contributed by atoms with van der Waals surface area (Å²) in [5.74, 6) is -1.21. The van der Waals surface area contributed by atoms with Gasteiger partial charge in [-0.25, -0.2) is 9.59 Å². The lowest BCUT2D eigenvalue weighted by atomic mass is 10.0. The zero-order valence-electron chi connectivity index (χ0n) is 15.0. The molecule has 0 radical (unpaired) electrons. The van der Waals surface area contributed by atoms with Gasteiger partial charge in [0.25, 0.3) is 0 Å². The number of piperidine rings is 1. The summed E-state index contributed by atoms with van der Waals surface area (Å²) in [6.07, 6.45) is 6.27. The summed E-state index contributed by atoms with van der Waals surface area (Å²) in [6, 6.07) is -0.600. The summed E-state index contributed by atoms with van der Waals surface area (Å²) >= 11 is 0. The van der Waals surface area contributed by atoms with Gasteiger partial charge in [0.05, 0.1) is 13.2 Å². The van der Waals surface area contributed by atoms with Gasteiger partial charge in [-0.1, -0.05) is 6.92 Å². The molecule has 3 heterocycles. The first kappa shape index (κ1) is 18.5. The summed E-state index contributed by atoms with van der Waals surface area (Å²) in [5, 5.41) is 0. The third-order valence-electron chi connectivity index (χ3n) is 5.27. The van der Waals surface area contributed by atoms with Crippen LogP contribution in [0.25, 0.3) is 0 Å². The van der Waals surface area contributed by atoms with Crippen molar-refractivity contribution in [3.8, 4) is 0 Å². The molecular formula is C18H29NO6. The Morgan fingerprint density at radius 2 is 1.96 bits per heavy atom. The topological polar surface area (TPSA) is 74.3 Å². The van der Waals surface area contributed by atoms with Crippen LogP contribution >= 0.6 is 0 Å². The highest BCUT2D eigenvalue weighted by atomic mass is 16.7. The Bertz CT molecular complexity index is 470. The molecule has 3 aliphatic heterocycles. The van der Waals surface area contributed by atoms with E-state index < -0.39 is 24.2 Å². The molecule has 0 saturated carbocycles. The number of likely N-dealkylation sites (tertiary alicyclic amines) is 1. The molecule has 3 atom stereocenters. The van der Waals surface area contributed by atoms with Crippen molar-refractivity contribution in [3.05, 3.63) is 0 Å². The van der Waals surface area contributed by atoms with Crippen LogP contribution in [0.4, 0.5) is 4.79 Å². The van der Waals surface area contributed by atoms with Gasteiger partial charge in [-0.15, -0.1) is 0 Å². The van der Waals surface area contributed by atoms with Crippen LogP contribution in [0.1, 0.15) is 64.7 Å². The SMILES string of the molecule is CCC1(OC(=O)C2CCCCN2C(=O)OC2CCCCO2)CCCO1. The van der Waals surface area contributed by atoms with Gasteiger partial charge in [0.15, 0.2) is 0 Å². The number of amides is 1. The number of hydrogen-bond donors (Lipinski definition) is 0. The number of carbonyl (C=O) groups is 2. The van der Waals surface area contributed by atoms with E-state index in [1.165, 1.54) is 4.90 Å². The normalized spacial score (nSPS) is 33.1. The fourth-order valence-electron chi connectivity index (χ4n) is 3.73. The third kappa shape index (κ3) is 4.44. The van der Waals surface area contributed by atoms with E-state index in [1.54, 1.807) is 0 Å². The first-order valence-electron chi connectivity index (χ1n) is 9.59. The molecule has 0 spiro atoms. The Morgan fingerprint density at radius 3 is 2.64 bits per heavy atom. The van der Waals surface area contributed by atoms with Gasteiger partial charge < -0.3 is 18.9 Å². The van der Waals surface area contributed by atoms with Crippen LogP contribution < -0.4 is 0 Å². The molecule has 0 bridgehead atoms. The van der Waals surface area contributed by atoms with Gasteiger partial charge >= 0.3 is 12.1 Å². The summed E-state index contributed by atoms with van der Waals surface area (Å²) in [5.41, 5.74) is 0. The Balaban J connectivity index is 1.61. The average molecular weight is 355 g/mol. The third-order valence-corrected chi connectivity index (χ3v) is 5.27. The molecule has 0 aliphatic carbocycles. The molecule has 142 valence electrons. The van der Waals surface area contributed by atoms with Crippen LogP contribution in [0.5, 0.6) is 0 Å². The Labute approximate surface area is 148 Å². The van der Waals surface area contributed by atoms with Crippen molar-refractivity contribution in [3.63, 3.8) is 0 Å². The van der Waals surface area contributed by atoms with Crippen LogP contribution in [0.15, 0.2) is 0 Å². The molecule has 3 rings (SSSR count). The Morgan fingerprint density at radius 1 is 1.12 bits per heavy atom. The maximum atomic E-state index is 12.7. The molecule has 7 nitrogen and oxygen atoms in total. The standard InChI is InChI=1S/C18H29NO6/c1-2-18(10-7-13-23-18)25-16(20)14-8-3-5-11-19(14)17(21)24-15-9-4-6-12-22-15/h14-15H,2-13H2,1H3. The molecule has 0 N–H and O–H groups in total. The molecular weight excluding hydrogens is 326 g/mol. The number of esters is 1. The highest BCUT2D eigenvalue weighted by Gasteiger charge is 2.42. The molecule has 3 aliphatic rings. The molecule has 3 unspecified atom stereocenters. The van der Waals surface area contributed by atoms with Crippen molar-refractivity contribution in [2.24, 2.45) is 0 Å². The first-order chi connectivity index (χ1) is 12.1. The predicted molar refractivity (Wildman–Crippen MR) is 88.7 cm³/mol. The van der Waals surface area contributed by atoms with Crippen LogP contribution in [0, 0.1) is 0 Å². The maximum absolute atomic E-state index is 12.7. The fourth-order valence-corrected chi connectivity index (χ4v) is 3.73. The van der Waals surface area contributed by atoms with Gasteiger partial charge in [-0.3, -0.25) is 4.90 Å².